The molecule has 0 bridgehead atoms. The summed E-state index contributed by atoms with van der Waals surface area (Å²) < 4.78 is 5.02. The first-order chi connectivity index (χ1) is 14.6. The minimum absolute atomic E-state index is 0.146. The van der Waals surface area contributed by atoms with Crippen LogP contribution in [0.3, 0.4) is 0 Å². The van der Waals surface area contributed by atoms with Crippen molar-refractivity contribution in [2.24, 2.45) is 0 Å². The molecule has 0 aliphatic carbocycles. The molecule has 160 valence electrons. The number of likely N-dealkylation sites (tertiary alicyclic amines) is 1. The molecule has 7 nitrogen and oxygen atoms in total. The number of methoxy groups -OCH3 is 1. The van der Waals surface area contributed by atoms with Gasteiger partial charge in [0, 0.05) is 45.5 Å². The maximum Gasteiger partial charge on any atom is 0.254 e. The SMILES string of the molecule is COCCCNC(=O)c1cnc(C)nc1C1CCN(C(=O)Cc2ccccc2)CC1. The number of ether oxygens (including phenoxy) is 1. The lowest BCUT2D eigenvalue weighted by Crippen LogP contribution is -2.39. The van der Waals surface area contributed by atoms with Gasteiger partial charge in [0.05, 0.1) is 17.7 Å². The lowest BCUT2D eigenvalue weighted by atomic mass is 9.90. The van der Waals surface area contributed by atoms with Crippen LogP contribution in [-0.4, -0.2) is 60.0 Å². The number of hydrogen-bond donors (Lipinski definition) is 1. The second-order valence-corrected chi connectivity index (χ2v) is 7.64. The highest BCUT2D eigenvalue weighted by Crippen LogP contribution is 2.29. The van der Waals surface area contributed by atoms with E-state index in [4.69, 9.17) is 4.74 Å². The molecule has 0 atom stereocenters. The van der Waals surface area contributed by atoms with Gasteiger partial charge in [-0.25, -0.2) is 9.97 Å². The number of nitrogens with zero attached hydrogens (tertiary/aromatic N) is 3. The van der Waals surface area contributed by atoms with Crippen LogP contribution in [0.1, 0.15) is 52.6 Å². The summed E-state index contributed by atoms with van der Waals surface area (Å²) >= 11 is 0. The van der Waals surface area contributed by atoms with Crippen molar-refractivity contribution in [1.82, 2.24) is 20.2 Å². The third kappa shape index (κ3) is 5.86. The van der Waals surface area contributed by atoms with E-state index in [2.05, 4.69) is 15.3 Å². The number of hydrogen-bond acceptors (Lipinski definition) is 5. The summed E-state index contributed by atoms with van der Waals surface area (Å²) in [4.78, 5) is 36.0. The molecule has 1 saturated heterocycles. The number of benzene rings is 1. The fourth-order valence-corrected chi connectivity index (χ4v) is 3.77. The number of aromatic nitrogens is 2. The van der Waals surface area contributed by atoms with Crippen molar-refractivity contribution in [3.63, 3.8) is 0 Å². The van der Waals surface area contributed by atoms with Gasteiger partial charge >= 0.3 is 0 Å². The third-order valence-corrected chi connectivity index (χ3v) is 5.43. The summed E-state index contributed by atoms with van der Waals surface area (Å²) in [5.74, 6) is 0.800. The Morgan fingerprint density at radius 2 is 1.93 bits per heavy atom. The van der Waals surface area contributed by atoms with Gasteiger partial charge < -0.3 is 15.0 Å². The maximum absolute atomic E-state index is 12.7. The van der Waals surface area contributed by atoms with E-state index >= 15 is 0 Å². The zero-order valence-corrected chi connectivity index (χ0v) is 17.8. The van der Waals surface area contributed by atoms with E-state index < -0.39 is 0 Å². The zero-order chi connectivity index (χ0) is 21.3. The molecule has 2 amide bonds. The maximum atomic E-state index is 12.7. The van der Waals surface area contributed by atoms with Gasteiger partial charge in [0.1, 0.15) is 5.82 Å². The lowest BCUT2D eigenvalue weighted by Gasteiger charge is -2.32. The number of piperidine rings is 1. The molecule has 30 heavy (non-hydrogen) atoms. The van der Waals surface area contributed by atoms with Crippen LogP contribution < -0.4 is 5.32 Å². The van der Waals surface area contributed by atoms with E-state index in [-0.39, 0.29) is 17.7 Å². The van der Waals surface area contributed by atoms with Crippen molar-refractivity contribution in [2.45, 2.75) is 38.5 Å². The van der Waals surface area contributed by atoms with E-state index in [0.29, 0.717) is 44.0 Å². The number of carbonyl (C=O) groups excluding carboxylic acids is 2. The molecule has 1 fully saturated rings. The first-order valence-electron chi connectivity index (χ1n) is 10.5. The Morgan fingerprint density at radius 3 is 2.63 bits per heavy atom. The van der Waals surface area contributed by atoms with Gasteiger partial charge in [0.15, 0.2) is 0 Å². The first-order valence-corrected chi connectivity index (χ1v) is 10.5. The van der Waals surface area contributed by atoms with Gasteiger partial charge in [-0.2, -0.15) is 0 Å². The van der Waals surface area contributed by atoms with Crippen molar-refractivity contribution < 1.29 is 14.3 Å². The molecular formula is C23H30N4O3. The Labute approximate surface area is 177 Å². The zero-order valence-electron chi connectivity index (χ0n) is 17.8. The standard InChI is InChI=1S/C23H30N4O3/c1-17-25-16-20(23(29)24-11-6-14-30-2)22(26-17)19-9-12-27(13-10-19)21(28)15-18-7-4-3-5-8-18/h3-5,7-8,16,19H,6,9-15H2,1-2H3,(H,24,29). The quantitative estimate of drug-likeness (QED) is 0.676. The number of aryl methyl sites for hydroxylation is 1. The highest BCUT2D eigenvalue weighted by molar-refractivity contribution is 5.95. The molecule has 1 aliphatic heterocycles. The molecule has 2 heterocycles. The molecule has 1 N–H and O–H groups in total. The van der Waals surface area contributed by atoms with Gasteiger partial charge in [-0.1, -0.05) is 30.3 Å². The molecule has 1 aromatic carbocycles. The van der Waals surface area contributed by atoms with Crippen LogP contribution >= 0.6 is 0 Å². The van der Waals surface area contributed by atoms with E-state index in [1.807, 2.05) is 42.2 Å². The largest absolute Gasteiger partial charge is 0.385 e. The highest BCUT2D eigenvalue weighted by Gasteiger charge is 2.28. The van der Waals surface area contributed by atoms with Crippen LogP contribution in [0.2, 0.25) is 0 Å². The van der Waals surface area contributed by atoms with Gasteiger partial charge in [-0.15, -0.1) is 0 Å². The third-order valence-electron chi connectivity index (χ3n) is 5.43. The van der Waals surface area contributed by atoms with E-state index in [1.54, 1.807) is 13.3 Å². The Morgan fingerprint density at radius 1 is 1.20 bits per heavy atom. The minimum Gasteiger partial charge on any atom is -0.385 e. The monoisotopic (exact) mass is 410 g/mol. The summed E-state index contributed by atoms with van der Waals surface area (Å²) in [6, 6.07) is 9.81. The average Bonchev–Trinajstić information content (AvgIpc) is 2.77. The minimum atomic E-state index is -0.149. The van der Waals surface area contributed by atoms with Crippen LogP contribution in [-0.2, 0) is 16.0 Å². The average molecular weight is 411 g/mol. The smallest absolute Gasteiger partial charge is 0.254 e. The van der Waals surface area contributed by atoms with Crippen molar-refractivity contribution in [3.05, 3.63) is 59.2 Å². The molecule has 0 spiro atoms. The number of carbonyl (C=O) groups is 2. The van der Waals surface area contributed by atoms with E-state index in [0.717, 1.165) is 30.5 Å². The molecule has 1 aliphatic rings. The van der Waals surface area contributed by atoms with Gasteiger partial charge in [0.2, 0.25) is 5.91 Å². The molecule has 0 saturated carbocycles. The summed E-state index contributed by atoms with van der Waals surface area (Å²) in [6.45, 7) is 4.34. The van der Waals surface area contributed by atoms with Gasteiger partial charge in [-0.05, 0) is 31.7 Å². The predicted molar refractivity (Wildman–Crippen MR) is 114 cm³/mol. The number of amides is 2. The van der Waals surface area contributed by atoms with Crippen LogP contribution in [0.25, 0.3) is 0 Å². The Hall–Kier alpha value is -2.80. The fraction of sp³-hybridized carbons (Fsp3) is 0.478. The summed E-state index contributed by atoms with van der Waals surface area (Å²) in [7, 11) is 1.64. The fourth-order valence-electron chi connectivity index (χ4n) is 3.77. The van der Waals surface area contributed by atoms with Gasteiger partial charge in [-0.3, -0.25) is 9.59 Å². The normalized spacial score (nSPS) is 14.5. The van der Waals surface area contributed by atoms with E-state index in [1.165, 1.54) is 0 Å². The highest BCUT2D eigenvalue weighted by atomic mass is 16.5. The van der Waals surface area contributed by atoms with Crippen LogP contribution in [0.5, 0.6) is 0 Å². The Bertz CT molecular complexity index is 849. The number of nitrogens with one attached hydrogen (secondary N) is 1. The topological polar surface area (TPSA) is 84.4 Å². The van der Waals surface area contributed by atoms with Crippen LogP contribution in [0, 0.1) is 6.92 Å². The first kappa shape index (κ1) is 21.9. The van der Waals surface area contributed by atoms with Crippen molar-refractivity contribution in [3.8, 4) is 0 Å². The molecule has 0 radical (unpaired) electrons. The molecule has 2 aromatic rings. The molecular weight excluding hydrogens is 380 g/mol. The van der Waals surface area contributed by atoms with Crippen LogP contribution in [0.4, 0.5) is 0 Å². The van der Waals surface area contributed by atoms with Crippen molar-refractivity contribution in [1.29, 1.82) is 0 Å². The van der Waals surface area contributed by atoms with Crippen molar-refractivity contribution in [2.75, 3.05) is 33.4 Å². The second kappa shape index (κ2) is 10.8. The molecule has 0 unspecified atom stereocenters. The Kier molecular flexibility index (Phi) is 7.90. The summed E-state index contributed by atoms with van der Waals surface area (Å²) in [6.07, 6.45) is 4.39. The predicted octanol–water partition coefficient (Wildman–Crippen LogP) is 2.50. The molecule has 1 aromatic heterocycles. The van der Waals surface area contributed by atoms with Crippen molar-refractivity contribution >= 4 is 11.8 Å². The summed E-state index contributed by atoms with van der Waals surface area (Å²) in [5, 5.41) is 2.92. The second-order valence-electron chi connectivity index (χ2n) is 7.64. The molecule has 3 rings (SSSR count). The van der Waals surface area contributed by atoms with Crippen LogP contribution in [0.15, 0.2) is 36.5 Å². The van der Waals surface area contributed by atoms with E-state index in [9.17, 15) is 9.59 Å². The number of rotatable bonds is 8. The van der Waals surface area contributed by atoms with Gasteiger partial charge in [0.25, 0.3) is 5.91 Å². The molecule has 7 heteroatoms. The summed E-state index contributed by atoms with van der Waals surface area (Å²) in [5.41, 5.74) is 2.36. The lowest BCUT2D eigenvalue weighted by molar-refractivity contribution is -0.131. The Balaban J connectivity index is 1.61.